The van der Waals surface area contributed by atoms with Crippen LogP contribution in [0, 0.1) is 6.92 Å². The molecule has 1 amide bonds. The van der Waals surface area contributed by atoms with E-state index < -0.39 is 0 Å². The van der Waals surface area contributed by atoms with Crippen LogP contribution in [0.1, 0.15) is 35.7 Å². The number of rotatable bonds is 8. The minimum atomic E-state index is -0.254. The lowest BCUT2D eigenvalue weighted by Crippen LogP contribution is -2.25. The maximum absolute atomic E-state index is 12.2. The van der Waals surface area contributed by atoms with E-state index in [1.807, 2.05) is 31.2 Å². The van der Waals surface area contributed by atoms with Gasteiger partial charge in [-0.15, -0.1) is 10.2 Å². The standard InChI is InChI=1S/C22H23N3O4/c1-3-28-19(26)5-4-14-23-20(27)16-10-12-18(13-11-16)22-25-24-21(29-22)17-8-6-15(2)7-9-17/h6-13H,3-5,14H2,1-2H3,(H,23,27). The Morgan fingerprint density at radius 1 is 0.966 bits per heavy atom. The maximum atomic E-state index is 12.2. The second kappa shape index (κ2) is 9.64. The van der Waals surface area contributed by atoms with Gasteiger partial charge in [-0.3, -0.25) is 9.59 Å². The fourth-order valence-corrected chi connectivity index (χ4v) is 2.69. The predicted octanol–water partition coefficient (Wildman–Crippen LogP) is 3.79. The summed E-state index contributed by atoms with van der Waals surface area (Å²) in [5.74, 6) is 0.382. The highest BCUT2D eigenvalue weighted by Gasteiger charge is 2.12. The molecule has 0 spiro atoms. The highest BCUT2D eigenvalue weighted by molar-refractivity contribution is 5.94. The van der Waals surface area contributed by atoms with E-state index >= 15 is 0 Å². The lowest BCUT2D eigenvalue weighted by Gasteiger charge is -2.05. The second-order valence-corrected chi connectivity index (χ2v) is 6.52. The molecule has 0 saturated heterocycles. The maximum Gasteiger partial charge on any atom is 0.305 e. The number of carbonyl (C=O) groups is 2. The van der Waals surface area contributed by atoms with Gasteiger partial charge in [0.1, 0.15) is 0 Å². The van der Waals surface area contributed by atoms with Crippen molar-refractivity contribution in [2.75, 3.05) is 13.2 Å². The molecule has 7 heteroatoms. The monoisotopic (exact) mass is 393 g/mol. The van der Waals surface area contributed by atoms with E-state index in [-0.39, 0.29) is 18.3 Å². The lowest BCUT2D eigenvalue weighted by atomic mass is 10.1. The van der Waals surface area contributed by atoms with Crippen molar-refractivity contribution in [1.82, 2.24) is 15.5 Å². The molecule has 3 rings (SSSR count). The Morgan fingerprint density at radius 3 is 2.14 bits per heavy atom. The molecule has 0 saturated carbocycles. The summed E-state index contributed by atoms with van der Waals surface area (Å²) < 4.78 is 10.6. The van der Waals surface area contributed by atoms with Crippen LogP contribution in [0.3, 0.4) is 0 Å². The van der Waals surface area contributed by atoms with Crippen LogP contribution in [0.2, 0.25) is 0 Å². The Hall–Kier alpha value is -3.48. The number of hydrogen-bond donors (Lipinski definition) is 1. The third-order valence-electron chi connectivity index (χ3n) is 4.27. The predicted molar refractivity (Wildman–Crippen MR) is 108 cm³/mol. The van der Waals surface area contributed by atoms with Gasteiger partial charge >= 0.3 is 5.97 Å². The fraction of sp³-hybridized carbons (Fsp3) is 0.273. The van der Waals surface area contributed by atoms with Crippen LogP contribution in [0.4, 0.5) is 0 Å². The van der Waals surface area contributed by atoms with E-state index in [0.29, 0.717) is 36.9 Å². The van der Waals surface area contributed by atoms with Crippen LogP contribution in [-0.2, 0) is 9.53 Å². The molecule has 0 unspecified atom stereocenters. The molecule has 2 aromatic carbocycles. The average molecular weight is 393 g/mol. The zero-order valence-electron chi connectivity index (χ0n) is 16.5. The highest BCUT2D eigenvalue weighted by atomic mass is 16.5. The van der Waals surface area contributed by atoms with Crippen molar-refractivity contribution in [2.24, 2.45) is 0 Å². The molecule has 150 valence electrons. The molecule has 0 atom stereocenters. The molecule has 0 radical (unpaired) electrons. The van der Waals surface area contributed by atoms with Crippen molar-refractivity contribution in [3.05, 3.63) is 59.7 Å². The SMILES string of the molecule is CCOC(=O)CCCNC(=O)c1ccc(-c2nnc(-c3ccc(C)cc3)o2)cc1. The number of benzene rings is 2. The van der Waals surface area contributed by atoms with Gasteiger partial charge < -0.3 is 14.5 Å². The van der Waals surface area contributed by atoms with Crippen molar-refractivity contribution in [3.63, 3.8) is 0 Å². The van der Waals surface area contributed by atoms with Crippen LogP contribution in [0.25, 0.3) is 22.9 Å². The van der Waals surface area contributed by atoms with Crippen LogP contribution in [0.5, 0.6) is 0 Å². The van der Waals surface area contributed by atoms with E-state index in [2.05, 4.69) is 15.5 Å². The molecule has 0 fully saturated rings. The second-order valence-electron chi connectivity index (χ2n) is 6.52. The van der Waals surface area contributed by atoms with Crippen LogP contribution >= 0.6 is 0 Å². The summed E-state index contributed by atoms with van der Waals surface area (Å²) in [7, 11) is 0. The minimum absolute atomic E-state index is 0.203. The Kier molecular flexibility index (Phi) is 6.73. The summed E-state index contributed by atoms with van der Waals surface area (Å²) in [4.78, 5) is 23.5. The van der Waals surface area contributed by atoms with Crippen molar-refractivity contribution in [2.45, 2.75) is 26.7 Å². The van der Waals surface area contributed by atoms with E-state index in [4.69, 9.17) is 9.15 Å². The number of nitrogens with zero attached hydrogens (tertiary/aromatic N) is 2. The summed E-state index contributed by atoms with van der Waals surface area (Å²) in [6.07, 6.45) is 0.819. The van der Waals surface area contributed by atoms with Gasteiger partial charge in [-0.1, -0.05) is 17.7 Å². The normalized spacial score (nSPS) is 10.6. The van der Waals surface area contributed by atoms with Gasteiger partial charge in [0.2, 0.25) is 11.8 Å². The van der Waals surface area contributed by atoms with Crippen LogP contribution in [-0.4, -0.2) is 35.2 Å². The molecule has 1 aromatic heterocycles. The number of amides is 1. The quantitative estimate of drug-likeness (QED) is 0.462. The molecular formula is C22H23N3O4. The topological polar surface area (TPSA) is 94.3 Å². The Labute approximate surface area is 169 Å². The van der Waals surface area contributed by atoms with Gasteiger partial charge in [0.15, 0.2) is 0 Å². The molecule has 0 aliphatic rings. The third-order valence-corrected chi connectivity index (χ3v) is 4.27. The van der Waals surface area contributed by atoms with Crippen LogP contribution in [0.15, 0.2) is 52.9 Å². The van der Waals surface area contributed by atoms with E-state index in [1.54, 1.807) is 31.2 Å². The smallest absolute Gasteiger partial charge is 0.305 e. The summed E-state index contributed by atoms with van der Waals surface area (Å²) >= 11 is 0. The summed E-state index contributed by atoms with van der Waals surface area (Å²) in [6.45, 7) is 4.55. The Morgan fingerprint density at radius 2 is 1.55 bits per heavy atom. The number of carbonyl (C=O) groups excluding carboxylic acids is 2. The van der Waals surface area contributed by atoms with Gasteiger partial charge in [0, 0.05) is 29.7 Å². The van der Waals surface area contributed by atoms with Gasteiger partial charge in [-0.25, -0.2) is 0 Å². The zero-order valence-corrected chi connectivity index (χ0v) is 16.5. The Balaban J connectivity index is 1.56. The Bertz CT molecular complexity index is 962. The molecule has 3 aromatic rings. The summed E-state index contributed by atoms with van der Waals surface area (Å²) in [6, 6.07) is 14.8. The van der Waals surface area contributed by atoms with E-state index in [0.717, 1.165) is 16.7 Å². The largest absolute Gasteiger partial charge is 0.466 e. The van der Waals surface area contributed by atoms with Gasteiger partial charge in [0.05, 0.1) is 6.61 Å². The number of aromatic nitrogens is 2. The number of esters is 1. The fourth-order valence-electron chi connectivity index (χ4n) is 2.69. The van der Waals surface area contributed by atoms with E-state index in [1.165, 1.54) is 0 Å². The van der Waals surface area contributed by atoms with E-state index in [9.17, 15) is 9.59 Å². The lowest BCUT2D eigenvalue weighted by molar-refractivity contribution is -0.143. The molecule has 7 nitrogen and oxygen atoms in total. The minimum Gasteiger partial charge on any atom is -0.466 e. The summed E-state index contributed by atoms with van der Waals surface area (Å²) in [5.41, 5.74) is 3.26. The number of nitrogens with one attached hydrogen (secondary N) is 1. The highest BCUT2D eigenvalue weighted by Crippen LogP contribution is 2.24. The first-order valence-corrected chi connectivity index (χ1v) is 9.51. The molecule has 0 aliphatic heterocycles. The molecule has 1 heterocycles. The molecule has 0 bridgehead atoms. The summed E-state index contributed by atoms with van der Waals surface area (Å²) in [5, 5.41) is 11.0. The third kappa shape index (κ3) is 5.51. The first kappa shape index (κ1) is 20.3. The van der Waals surface area contributed by atoms with Gasteiger partial charge in [-0.2, -0.15) is 0 Å². The van der Waals surface area contributed by atoms with Crippen molar-refractivity contribution >= 4 is 11.9 Å². The first-order valence-electron chi connectivity index (χ1n) is 9.51. The molecule has 1 N–H and O–H groups in total. The molecule has 0 aliphatic carbocycles. The van der Waals surface area contributed by atoms with Gasteiger partial charge in [0.25, 0.3) is 5.91 Å². The van der Waals surface area contributed by atoms with Crippen molar-refractivity contribution < 1.29 is 18.7 Å². The van der Waals surface area contributed by atoms with Crippen molar-refractivity contribution in [1.29, 1.82) is 0 Å². The number of hydrogen-bond acceptors (Lipinski definition) is 6. The van der Waals surface area contributed by atoms with Crippen molar-refractivity contribution in [3.8, 4) is 22.9 Å². The van der Waals surface area contributed by atoms with Crippen LogP contribution < -0.4 is 5.32 Å². The first-order chi connectivity index (χ1) is 14.1. The zero-order chi connectivity index (χ0) is 20.6. The molecular weight excluding hydrogens is 370 g/mol. The number of ether oxygens (including phenoxy) is 1. The number of aryl methyl sites for hydroxylation is 1. The van der Waals surface area contributed by atoms with Gasteiger partial charge in [-0.05, 0) is 56.7 Å². The average Bonchev–Trinajstić information content (AvgIpc) is 3.22. The molecule has 29 heavy (non-hydrogen) atoms.